The van der Waals surface area contributed by atoms with Crippen molar-refractivity contribution in [2.75, 3.05) is 19.8 Å². The number of amides is 2. The molecule has 1 atom stereocenters. The Morgan fingerprint density at radius 3 is 2.72 bits per heavy atom. The summed E-state index contributed by atoms with van der Waals surface area (Å²) in [5, 5.41) is 19.0. The first kappa shape index (κ1) is 19.0. The Kier molecular flexibility index (Phi) is 7.43. The van der Waals surface area contributed by atoms with Crippen LogP contribution >= 0.6 is 0 Å². The van der Waals surface area contributed by atoms with Crippen LogP contribution in [0, 0.1) is 5.92 Å². The third-order valence-corrected chi connectivity index (χ3v) is 3.31. The van der Waals surface area contributed by atoms with Gasteiger partial charge in [0.15, 0.2) is 5.76 Å². The summed E-state index contributed by atoms with van der Waals surface area (Å²) in [6, 6.07) is 11.0. The van der Waals surface area contributed by atoms with Crippen molar-refractivity contribution in [3.05, 3.63) is 42.2 Å². The number of urea groups is 1. The number of nitrogens with one attached hydrogen (secondary N) is 2. The lowest BCUT2D eigenvalue weighted by Gasteiger charge is -2.13. The number of rotatable bonds is 9. The summed E-state index contributed by atoms with van der Waals surface area (Å²) in [7, 11) is 0. The first-order chi connectivity index (χ1) is 12.0. The van der Waals surface area contributed by atoms with Gasteiger partial charge in [0.25, 0.3) is 0 Å². The molecule has 1 aromatic heterocycles. The van der Waals surface area contributed by atoms with Crippen LogP contribution in [0.25, 0.3) is 11.3 Å². The number of hydrogen-bond donors (Lipinski definition) is 3. The van der Waals surface area contributed by atoms with E-state index in [4.69, 9.17) is 9.26 Å². The van der Waals surface area contributed by atoms with Crippen LogP contribution in [0.15, 0.2) is 40.9 Å². The maximum Gasteiger partial charge on any atom is 0.315 e. The summed E-state index contributed by atoms with van der Waals surface area (Å²) in [6.07, 6.45) is -0.737. The molecule has 0 spiro atoms. The van der Waals surface area contributed by atoms with E-state index < -0.39 is 6.10 Å². The zero-order valence-electron chi connectivity index (χ0n) is 14.6. The molecule has 0 radical (unpaired) electrons. The fraction of sp³-hybridized carbons (Fsp3) is 0.444. The number of carbonyl (C=O) groups excluding carboxylic acids is 1. The van der Waals surface area contributed by atoms with E-state index in [0.29, 0.717) is 18.3 Å². The third kappa shape index (κ3) is 6.94. The Balaban J connectivity index is 1.67. The lowest BCUT2D eigenvalue weighted by molar-refractivity contribution is 0.0272. The third-order valence-electron chi connectivity index (χ3n) is 3.31. The van der Waals surface area contributed by atoms with Gasteiger partial charge in [-0.25, -0.2) is 4.79 Å². The van der Waals surface area contributed by atoms with E-state index in [9.17, 15) is 9.90 Å². The molecule has 136 valence electrons. The minimum atomic E-state index is -0.737. The van der Waals surface area contributed by atoms with Crippen LogP contribution in [0.2, 0.25) is 0 Å². The monoisotopic (exact) mass is 347 g/mol. The predicted octanol–water partition coefficient (Wildman–Crippen LogP) is 2.17. The van der Waals surface area contributed by atoms with Crippen LogP contribution in [0.3, 0.4) is 0 Å². The number of aliphatic hydroxyl groups is 1. The van der Waals surface area contributed by atoms with Gasteiger partial charge in [0, 0.05) is 24.8 Å². The summed E-state index contributed by atoms with van der Waals surface area (Å²) < 4.78 is 10.5. The molecule has 0 aliphatic rings. The standard InChI is InChI=1S/C18H25N3O4/c1-13(2)11-24-12-15(22)9-19-18(23)20-10-16-8-17(21-25-16)14-6-4-3-5-7-14/h3-8,13,15,22H,9-12H2,1-2H3,(H2,19,20,23). The minimum Gasteiger partial charge on any atom is -0.389 e. The van der Waals surface area contributed by atoms with Crippen molar-refractivity contribution in [3.8, 4) is 11.3 Å². The summed E-state index contributed by atoms with van der Waals surface area (Å²) in [6.45, 7) is 5.18. The van der Waals surface area contributed by atoms with Gasteiger partial charge in [-0.3, -0.25) is 0 Å². The van der Waals surface area contributed by atoms with Gasteiger partial charge in [0.2, 0.25) is 0 Å². The average molecular weight is 347 g/mol. The molecule has 2 aromatic rings. The topological polar surface area (TPSA) is 96.6 Å². The van der Waals surface area contributed by atoms with Crippen molar-refractivity contribution in [1.29, 1.82) is 0 Å². The summed E-state index contributed by atoms with van der Waals surface area (Å²) in [4.78, 5) is 11.7. The van der Waals surface area contributed by atoms with Gasteiger partial charge in [-0.1, -0.05) is 49.3 Å². The zero-order chi connectivity index (χ0) is 18.1. The van der Waals surface area contributed by atoms with Crippen LogP contribution in [0.1, 0.15) is 19.6 Å². The SMILES string of the molecule is CC(C)COCC(O)CNC(=O)NCc1cc(-c2ccccc2)no1. The first-order valence-electron chi connectivity index (χ1n) is 8.33. The van der Waals surface area contributed by atoms with E-state index in [0.717, 1.165) is 11.3 Å². The highest BCUT2D eigenvalue weighted by molar-refractivity contribution is 5.73. The van der Waals surface area contributed by atoms with Crippen molar-refractivity contribution >= 4 is 6.03 Å². The molecule has 0 aliphatic heterocycles. The van der Waals surface area contributed by atoms with Crippen LogP contribution in [-0.4, -0.2) is 42.2 Å². The fourth-order valence-electron chi connectivity index (χ4n) is 2.08. The number of aromatic nitrogens is 1. The highest BCUT2D eigenvalue weighted by Gasteiger charge is 2.10. The van der Waals surface area contributed by atoms with E-state index in [1.807, 2.05) is 44.2 Å². The molecule has 1 unspecified atom stereocenters. The molecule has 2 rings (SSSR count). The van der Waals surface area contributed by atoms with Gasteiger partial charge >= 0.3 is 6.03 Å². The second kappa shape index (κ2) is 9.80. The van der Waals surface area contributed by atoms with Crippen molar-refractivity contribution in [1.82, 2.24) is 15.8 Å². The van der Waals surface area contributed by atoms with Gasteiger partial charge in [0.1, 0.15) is 5.69 Å². The highest BCUT2D eigenvalue weighted by atomic mass is 16.5. The molecule has 25 heavy (non-hydrogen) atoms. The summed E-state index contributed by atoms with van der Waals surface area (Å²) in [5.41, 5.74) is 1.67. The Labute approximate surface area is 147 Å². The Morgan fingerprint density at radius 2 is 2.00 bits per heavy atom. The number of carbonyl (C=O) groups is 1. The van der Waals surface area contributed by atoms with E-state index in [2.05, 4.69) is 15.8 Å². The quantitative estimate of drug-likeness (QED) is 0.646. The number of nitrogens with zero attached hydrogens (tertiary/aromatic N) is 1. The van der Waals surface area contributed by atoms with Crippen LogP contribution in [-0.2, 0) is 11.3 Å². The fourth-order valence-corrected chi connectivity index (χ4v) is 2.08. The van der Waals surface area contributed by atoms with Gasteiger partial charge in [-0.2, -0.15) is 0 Å². The molecule has 7 nitrogen and oxygen atoms in total. The van der Waals surface area contributed by atoms with E-state index in [-0.39, 0.29) is 25.7 Å². The van der Waals surface area contributed by atoms with E-state index >= 15 is 0 Å². The smallest absolute Gasteiger partial charge is 0.315 e. The first-order valence-corrected chi connectivity index (χ1v) is 8.33. The minimum absolute atomic E-state index is 0.121. The molecule has 0 bridgehead atoms. The normalized spacial score (nSPS) is 12.2. The largest absolute Gasteiger partial charge is 0.389 e. The maximum absolute atomic E-state index is 11.7. The summed E-state index contributed by atoms with van der Waals surface area (Å²) >= 11 is 0. The lowest BCUT2D eigenvalue weighted by Crippen LogP contribution is -2.40. The number of hydrogen-bond acceptors (Lipinski definition) is 5. The molecule has 7 heteroatoms. The molecule has 3 N–H and O–H groups in total. The van der Waals surface area contributed by atoms with Gasteiger partial charge < -0.3 is 25.0 Å². The van der Waals surface area contributed by atoms with Gasteiger partial charge in [0.05, 0.1) is 19.3 Å². The van der Waals surface area contributed by atoms with Gasteiger partial charge in [-0.05, 0) is 5.92 Å². The van der Waals surface area contributed by atoms with Crippen LogP contribution in [0.4, 0.5) is 4.79 Å². The van der Waals surface area contributed by atoms with Crippen molar-refractivity contribution in [2.45, 2.75) is 26.5 Å². The predicted molar refractivity (Wildman–Crippen MR) is 93.8 cm³/mol. The van der Waals surface area contributed by atoms with Crippen molar-refractivity contribution < 1.29 is 19.2 Å². The van der Waals surface area contributed by atoms with Crippen molar-refractivity contribution in [2.24, 2.45) is 5.92 Å². The lowest BCUT2D eigenvalue weighted by atomic mass is 10.1. The molecule has 0 aliphatic carbocycles. The Bertz CT molecular complexity index is 643. The Morgan fingerprint density at radius 1 is 1.24 bits per heavy atom. The molecule has 0 saturated heterocycles. The molecular weight excluding hydrogens is 322 g/mol. The zero-order valence-corrected chi connectivity index (χ0v) is 14.6. The van der Waals surface area contributed by atoms with Crippen LogP contribution < -0.4 is 10.6 Å². The van der Waals surface area contributed by atoms with E-state index in [1.165, 1.54) is 0 Å². The molecule has 2 amide bonds. The average Bonchev–Trinajstić information content (AvgIpc) is 3.07. The highest BCUT2D eigenvalue weighted by Crippen LogP contribution is 2.18. The van der Waals surface area contributed by atoms with Crippen LogP contribution in [0.5, 0.6) is 0 Å². The molecule has 0 saturated carbocycles. The maximum atomic E-state index is 11.7. The van der Waals surface area contributed by atoms with Crippen molar-refractivity contribution in [3.63, 3.8) is 0 Å². The molecular formula is C18H25N3O4. The number of ether oxygens (including phenoxy) is 1. The van der Waals surface area contributed by atoms with E-state index in [1.54, 1.807) is 6.07 Å². The second-order valence-electron chi connectivity index (χ2n) is 6.19. The molecule has 1 aromatic carbocycles. The second-order valence-corrected chi connectivity index (χ2v) is 6.19. The number of benzene rings is 1. The van der Waals surface area contributed by atoms with Gasteiger partial charge in [-0.15, -0.1) is 0 Å². The Hall–Kier alpha value is -2.38. The molecule has 0 fully saturated rings. The number of aliphatic hydroxyl groups excluding tert-OH is 1. The molecule has 1 heterocycles. The summed E-state index contributed by atoms with van der Waals surface area (Å²) in [5.74, 6) is 0.959.